The molecule has 0 radical (unpaired) electrons. The zero-order chi connectivity index (χ0) is 29.7. The zero-order valence-corrected chi connectivity index (χ0v) is 25.9. The van der Waals surface area contributed by atoms with E-state index < -0.39 is 5.41 Å². The maximum absolute atomic E-state index is 11.7. The standard InChI is InChI=1S/C32H54O9/c1-5-32(22-38-30-16-10-11-17-31(30)41-25(4)35,20-36-18-26-12-6-8-14-28(26)39-23(2)33)21-37-19-27-13-7-9-15-29(27)40-24(3)34/h26-31H,5-22H2,1-4H3. The fourth-order valence-electron chi connectivity index (χ4n) is 6.64. The molecule has 0 heterocycles. The van der Waals surface area contributed by atoms with Gasteiger partial charge in [0.05, 0.1) is 39.1 Å². The summed E-state index contributed by atoms with van der Waals surface area (Å²) in [5, 5.41) is 0. The lowest BCUT2D eigenvalue weighted by Gasteiger charge is -2.38. The van der Waals surface area contributed by atoms with Gasteiger partial charge < -0.3 is 28.4 Å². The summed E-state index contributed by atoms with van der Waals surface area (Å²) in [6.45, 7) is 8.91. The Hall–Kier alpha value is -1.71. The van der Waals surface area contributed by atoms with Crippen molar-refractivity contribution in [2.24, 2.45) is 17.3 Å². The van der Waals surface area contributed by atoms with Crippen LogP contribution in [0, 0.1) is 17.3 Å². The molecule has 6 unspecified atom stereocenters. The fraction of sp³-hybridized carbons (Fsp3) is 0.906. The van der Waals surface area contributed by atoms with Crippen molar-refractivity contribution in [3.8, 4) is 0 Å². The monoisotopic (exact) mass is 582 g/mol. The van der Waals surface area contributed by atoms with Crippen LogP contribution in [0.15, 0.2) is 0 Å². The topological polar surface area (TPSA) is 107 Å². The summed E-state index contributed by atoms with van der Waals surface area (Å²) in [6.07, 6.45) is 12.0. The molecule has 0 amide bonds. The van der Waals surface area contributed by atoms with Crippen molar-refractivity contribution in [2.75, 3.05) is 33.0 Å². The van der Waals surface area contributed by atoms with E-state index in [0.29, 0.717) is 33.0 Å². The van der Waals surface area contributed by atoms with Crippen molar-refractivity contribution < 1.29 is 42.8 Å². The second-order valence-corrected chi connectivity index (χ2v) is 12.6. The molecule has 236 valence electrons. The van der Waals surface area contributed by atoms with Crippen LogP contribution >= 0.6 is 0 Å². The Kier molecular flexibility index (Phi) is 14.4. The lowest BCUT2D eigenvalue weighted by molar-refractivity contribution is -0.168. The van der Waals surface area contributed by atoms with Crippen LogP contribution in [0.4, 0.5) is 0 Å². The van der Waals surface area contributed by atoms with Crippen LogP contribution in [0.3, 0.4) is 0 Å². The molecule has 41 heavy (non-hydrogen) atoms. The van der Waals surface area contributed by atoms with E-state index >= 15 is 0 Å². The second-order valence-electron chi connectivity index (χ2n) is 12.6. The Balaban J connectivity index is 1.64. The summed E-state index contributed by atoms with van der Waals surface area (Å²) in [7, 11) is 0. The van der Waals surface area contributed by atoms with Gasteiger partial charge in [-0.3, -0.25) is 14.4 Å². The molecule has 0 aliphatic heterocycles. The highest BCUT2D eigenvalue weighted by molar-refractivity contribution is 5.66. The molecule has 9 nitrogen and oxygen atoms in total. The Morgan fingerprint density at radius 3 is 1.39 bits per heavy atom. The van der Waals surface area contributed by atoms with Crippen LogP contribution in [0.25, 0.3) is 0 Å². The van der Waals surface area contributed by atoms with Crippen molar-refractivity contribution in [3.63, 3.8) is 0 Å². The highest BCUT2D eigenvalue weighted by Crippen LogP contribution is 2.33. The van der Waals surface area contributed by atoms with E-state index in [2.05, 4.69) is 6.92 Å². The molecule has 3 fully saturated rings. The quantitative estimate of drug-likeness (QED) is 0.181. The molecule has 0 aromatic carbocycles. The largest absolute Gasteiger partial charge is 0.462 e. The highest BCUT2D eigenvalue weighted by Gasteiger charge is 2.37. The minimum absolute atomic E-state index is 0.0963. The van der Waals surface area contributed by atoms with Gasteiger partial charge in [-0.1, -0.05) is 26.2 Å². The van der Waals surface area contributed by atoms with Crippen LogP contribution in [0.2, 0.25) is 0 Å². The first-order valence-corrected chi connectivity index (χ1v) is 16.0. The van der Waals surface area contributed by atoms with Gasteiger partial charge >= 0.3 is 17.9 Å². The third kappa shape index (κ3) is 11.5. The van der Waals surface area contributed by atoms with Gasteiger partial charge in [0, 0.05) is 38.0 Å². The lowest BCUT2D eigenvalue weighted by Crippen LogP contribution is -2.43. The Bertz CT molecular complexity index is 773. The summed E-state index contributed by atoms with van der Waals surface area (Å²) >= 11 is 0. The maximum Gasteiger partial charge on any atom is 0.302 e. The fourth-order valence-corrected chi connectivity index (χ4v) is 6.64. The second kappa shape index (κ2) is 17.4. The third-order valence-electron chi connectivity index (χ3n) is 9.11. The summed E-state index contributed by atoms with van der Waals surface area (Å²) in [5.41, 5.74) is -0.393. The molecule has 0 bridgehead atoms. The molecule has 0 spiro atoms. The molecule has 6 atom stereocenters. The van der Waals surface area contributed by atoms with E-state index in [9.17, 15) is 14.4 Å². The number of esters is 3. The number of ether oxygens (including phenoxy) is 6. The van der Waals surface area contributed by atoms with E-state index in [-0.39, 0.29) is 54.2 Å². The normalized spacial score (nSPS) is 30.1. The van der Waals surface area contributed by atoms with E-state index in [1.165, 1.54) is 20.8 Å². The Morgan fingerprint density at radius 1 is 0.561 bits per heavy atom. The summed E-state index contributed by atoms with van der Waals surface area (Å²) in [5.74, 6) is -0.388. The van der Waals surface area contributed by atoms with Crippen molar-refractivity contribution in [3.05, 3.63) is 0 Å². The van der Waals surface area contributed by atoms with Gasteiger partial charge in [-0.25, -0.2) is 0 Å². The predicted molar refractivity (Wildman–Crippen MR) is 153 cm³/mol. The first kappa shape index (κ1) is 33.8. The van der Waals surface area contributed by atoms with Crippen LogP contribution in [-0.2, 0) is 42.8 Å². The van der Waals surface area contributed by atoms with E-state index in [1.807, 2.05) is 0 Å². The Morgan fingerprint density at radius 2 is 0.951 bits per heavy atom. The number of hydrogen-bond donors (Lipinski definition) is 0. The molecule has 0 aromatic rings. The minimum Gasteiger partial charge on any atom is -0.462 e. The molecule has 0 N–H and O–H groups in total. The molecule has 3 rings (SSSR count). The van der Waals surface area contributed by atoms with Gasteiger partial charge in [-0.05, 0) is 64.2 Å². The van der Waals surface area contributed by atoms with Gasteiger partial charge in [-0.15, -0.1) is 0 Å². The first-order valence-electron chi connectivity index (χ1n) is 16.0. The predicted octanol–water partition coefficient (Wildman–Crippen LogP) is 5.55. The molecular weight excluding hydrogens is 528 g/mol. The molecule has 0 saturated heterocycles. The molecule has 9 heteroatoms. The van der Waals surface area contributed by atoms with Gasteiger partial charge in [0.25, 0.3) is 0 Å². The SMILES string of the molecule is CCC(COCC1CCCCC1OC(C)=O)(COCC1CCCCC1OC(C)=O)COC1CCCCC1OC(C)=O. The average Bonchev–Trinajstić information content (AvgIpc) is 2.93. The number of rotatable bonds is 15. The van der Waals surface area contributed by atoms with Crippen LogP contribution in [0.1, 0.15) is 111 Å². The Labute approximate surface area is 246 Å². The molecular formula is C32H54O9. The number of carbonyl (C=O) groups is 3. The maximum atomic E-state index is 11.7. The van der Waals surface area contributed by atoms with E-state index in [1.54, 1.807) is 0 Å². The highest BCUT2D eigenvalue weighted by atomic mass is 16.6. The molecule has 0 aromatic heterocycles. The number of carbonyl (C=O) groups excluding carboxylic acids is 3. The van der Waals surface area contributed by atoms with Gasteiger partial charge in [0.15, 0.2) is 0 Å². The number of hydrogen-bond acceptors (Lipinski definition) is 9. The first-order chi connectivity index (χ1) is 19.7. The zero-order valence-electron chi connectivity index (χ0n) is 25.9. The van der Waals surface area contributed by atoms with Crippen molar-refractivity contribution in [1.29, 1.82) is 0 Å². The van der Waals surface area contributed by atoms with Crippen molar-refractivity contribution in [2.45, 2.75) is 136 Å². The van der Waals surface area contributed by atoms with Gasteiger partial charge in [-0.2, -0.15) is 0 Å². The molecule has 3 aliphatic rings. The van der Waals surface area contributed by atoms with Crippen LogP contribution in [-0.4, -0.2) is 75.4 Å². The smallest absolute Gasteiger partial charge is 0.302 e. The van der Waals surface area contributed by atoms with Gasteiger partial charge in [0.1, 0.15) is 18.3 Å². The summed E-state index contributed by atoms with van der Waals surface area (Å²) in [6, 6.07) is 0. The summed E-state index contributed by atoms with van der Waals surface area (Å²) < 4.78 is 36.1. The third-order valence-corrected chi connectivity index (χ3v) is 9.11. The van der Waals surface area contributed by atoms with Crippen LogP contribution in [0.5, 0.6) is 0 Å². The lowest BCUT2D eigenvalue weighted by atomic mass is 9.85. The molecule has 3 saturated carbocycles. The van der Waals surface area contributed by atoms with Gasteiger partial charge in [0.2, 0.25) is 0 Å². The summed E-state index contributed by atoms with van der Waals surface area (Å²) in [4.78, 5) is 35.0. The molecule has 3 aliphatic carbocycles. The van der Waals surface area contributed by atoms with E-state index in [0.717, 1.165) is 83.5 Å². The van der Waals surface area contributed by atoms with Crippen molar-refractivity contribution >= 4 is 17.9 Å². The average molecular weight is 583 g/mol. The van der Waals surface area contributed by atoms with Crippen LogP contribution < -0.4 is 0 Å². The minimum atomic E-state index is -0.393. The van der Waals surface area contributed by atoms with Crippen molar-refractivity contribution in [1.82, 2.24) is 0 Å². The van der Waals surface area contributed by atoms with E-state index in [4.69, 9.17) is 28.4 Å².